The molecule has 1 aromatic heterocycles. The lowest BCUT2D eigenvalue weighted by Crippen LogP contribution is -2.11. The van der Waals surface area contributed by atoms with Gasteiger partial charge in [-0.2, -0.15) is 0 Å². The minimum atomic E-state index is -0.232. The van der Waals surface area contributed by atoms with Crippen molar-refractivity contribution in [2.45, 2.75) is 6.61 Å². The van der Waals surface area contributed by atoms with Crippen LogP contribution in [0.2, 0.25) is 10.0 Å². The molecule has 0 saturated heterocycles. The number of amides is 1. The molecule has 1 amide bonds. The molecule has 0 atom stereocenters. The van der Waals surface area contributed by atoms with Crippen LogP contribution < -0.4 is 10.1 Å². The predicted octanol–water partition coefficient (Wildman–Crippen LogP) is 5.28. The normalized spacial score (nSPS) is 10.4. The first-order valence-corrected chi connectivity index (χ1v) is 8.63. The Kier molecular flexibility index (Phi) is 5.35. The molecule has 0 aliphatic rings. The van der Waals surface area contributed by atoms with Crippen LogP contribution >= 0.6 is 34.5 Å². The Labute approximate surface area is 153 Å². The van der Waals surface area contributed by atoms with Crippen molar-refractivity contribution >= 4 is 45.6 Å². The second-order valence-corrected chi connectivity index (χ2v) is 6.57. The number of rotatable bonds is 5. The van der Waals surface area contributed by atoms with Gasteiger partial charge in [-0.05, 0) is 35.9 Å². The van der Waals surface area contributed by atoms with Crippen LogP contribution in [-0.4, -0.2) is 10.9 Å². The number of nitrogens with one attached hydrogen (secondary N) is 1. The summed E-state index contributed by atoms with van der Waals surface area (Å²) in [6.45, 7) is 0.328. The number of hydrogen-bond acceptors (Lipinski definition) is 4. The summed E-state index contributed by atoms with van der Waals surface area (Å²) in [6, 6.07) is 12.3. The van der Waals surface area contributed by atoms with Gasteiger partial charge in [0.05, 0.1) is 10.0 Å². The van der Waals surface area contributed by atoms with Gasteiger partial charge in [0.1, 0.15) is 12.4 Å². The molecule has 2 aromatic carbocycles. The van der Waals surface area contributed by atoms with Gasteiger partial charge in [0.25, 0.3) is 5.91 Å². The van der Waals surface area contributed by atoms with Crippen LogP contribution in [0.25, 0.3) is 0 Å². The van der Waals surface area contributed by atoms with E-state index in [0.717, 1.165) is 5.56 Å². The number of thiazole rings is 1. The number of nitrogens with zero attached hydrogens (tertiary/aromatic N) is 1. The largest absolute Gasteiger partial charge is 0.489 e. The summed E-state index contributed by atoms with van der Waals surface area (Å²) >= 11 is 13.2. The van der Waals surface area contributed by atoms with Crippen molar-refractivity contribution in [3.63, 3.8) is 0 Å². The molecular formula is C17H12Cl2N2O2S. The molecule has 0 bridgehead atoms. The zero-order chi connectivity index (χ0) is 16.9. The molecule has 122 valence electrons. The summed E-state index contributed by atoms with van der Waals surface area (Å²) in [5.41, 5.74) is 1.39. The number of halogens is 2. The van der Waals surface area contributed by atoms with Crippen molar-refractivity contribution < 1.29 is 9.53 Å². The SMILES string of the molecule is O=C(Nc1nccs1)c1cccc(OCc2ccc(Cl)c(Cl)c2)c1. The van der Waals surface area contributed by atoms with Gasteiger partial charge in [-0.1, -0.05) is 35.3 Å². The van der Waals surface area contributed by atoms with E-state index in [1.54, 1.807) is 48.0 Å². The summed E-state index contributed by atoms with van der Waals surface area (Å²) in [6.07, 6.45) is 1.64. The summed E-state index contributed by atoms with van der Waals surface area (Å²) in [5.74, 6) is 0.359. The first-order valence-electron chi connectivity index (χ1n) is 6.99. The van der Waals surface area contributed by atoms with E-state index in [1.165, 1.54) is 11.3 Å². The summed E-state index contributed by atoms with van der Waals surface area (Å²) in [5, 5.41) is 6.07. The molecular weight excluding hydrogens is 367 g/mol. The smallest absolute Gasteiger partial charge is 0.257 e. The highest BCUT2D eigenvalue weighted by atomic mass is 35.5. The van der Waals surface area contributed by atoms with E-state index in [-0.39, 0.29) is 5.91 Å². The highest BCUT2D eigenvalue weighted by Gasteiger charge is 2.09. The van der Waals surface area contributed by atoms with E-state index >= 15 is 0 Å². The van der Waals surface area contributed by atoms with Crippen LogP contribution in [0.1, 0.15) is 15.9 Å². The zero-order valence-corrected chi connectivity index (χ0v) is 14.7. The van der Waals surface area contributed by atoms with E-state index in [4.69, 9.17) is 27.9 Å². The van der Waals surface area contributed by atoms with Gasteiger partial charge < -0.3 is 4.74 Å². The fourth-order valence-corrected chi connectivity index (χ4v) is 2.82. The van der Waals surface area contributed by atoms with Crippen molar-refractivity contribution in [2.75, 3.05) is 5.32 Å². The van der Waals surface area contributed by atoms with Crippen LogP contribution in [0.4, 0.5) is 5.13 Å². The number of ether oxygens (including phenoxy) is 1. The minimum Gasteiger partial charge on any atom is -0.489 e. The van der Waals surface area contributed by atoms with E-state index < -0.39 is 0 Å². The molecule has 4 nitrogen and oxygen atoms in total. The lowest BCUT2D eigenvalue weighted by Gasteiger charge is -2.09. The summed E-state index contributed by atoms with van der Waals surface area (Å²) in [4.78, 5) is 16.2. The van der Waals surface area contributed by atoms with Crippen LogP contribution in [-0.2, 0) is 6.61 Å². The second kappa shape index (κ2) is 7.66. The molecule has 24 heavy (non-hydrogen) atoms. The Morgan fingerprint density at radius 1 is 1.17 bits per heavy atom. The third-order valence-corrected chi connectivity index (χ3v) is 4.57. The fourth-order valence-electron chi connectivity index (χ4n) is 1.98. The number of aromatic nitrogens is 1. The third-order valence-electron chi connectivity index (χ3n) is 3.14. The van der Waals surface area contributed by atoms with Gasteiger partial charge in [-0.25, -0.2) is 4.98 Å². The maximum atomic E-state index is 12.2. The monoisotopic (exact) mass is 378 g/mol. The molecule has 0 aliphatic heterocycles. The highest BCUT2D eigenvalue weighted by molar-refractivity contribution is 7.13. The van der Waals surface area contributed by atoms with Crippen LogP contribution in [0.3, 0.4) is 0 Å². The van der Waals surface area contributed by atoms with Crippen molar-refractivity contribution in [2.24, 2.45) is 0 Å². The molecule has 3 rings (SSSR count). The van der Waals surface area contributed by atoms with Gasteiger partial charge in [-0.3, -0.25) is 10.1 Å². The van der Waals surface area contributed by atoms with Crippen molar-refractivity contribution in [3.05, 3.63) is 75.2 Å². The molecule has 7 heteroatoms. The molecule has 0 saturated carbocycles. The quantitative estimate of drug-likeness (QED) is 0.656. The number of benzene rings is 2. The maximum Gasteiger partial charge on any atom is 0.257 e. The summed E-state index contributed by atoms with van der Waals surface area (Å²) < 4.78 is 5.72. The third kappa shape index (κ3) is 4.26. The molecule has 0 radical (unpaired) electrons. The van der Waals surface area contributed by atoms with Crippen LogP contribution in [0, 0.1) is 0 Å². The van der Waals surface area contributed by atoms with Crippen molar-refractivity contribution in [3.8, 4) is 5.75 Å². The highest BCUT2D eigenvalue weighted by Crippen LogP contribution is 2.24. The minimum absolute atomic E-state index is 0.232. The fraction of sp³-hybridized carbons (Fsp3) is 0.0588. The zero-order valence-electron chi connectivity index (χ0n) is 12.3. The molecule has 1 heterocycles. The second-order valence-electron chi connectivity index (χ2n) is 4.86. The Balaban J connectivity index is 1.66. The van der Waals surface area contributed by atoms with E-state index in [1.807, 2.05) is 6.07 Å². The van der Waals surface area contributed by atoms with E-state index in [9.17, 15) is 4.79 Å². The Bertz CT molecular complexity index is 854. The molecule has 0 unspecified atom stereocenters. The molecule has 3 aromatic rings. The number of carbonyl (C=O) groups excluding carboxylic acids is 1. The van der Waals surface area contributed by atoms with Gasteiger partial charge in [0.2, 0.25) is 0 Å². The average Bonchev–Trinajstić information content (AvgIpc) is 3.09. The number of hydrogen-bond donors (Lipinski definition) is 1. The first kappa shape index (κ1) is 16.8. The Hall–Kier alpha value is -2.08. The Morgan fingerprint density at radius 2 is 2.04 bits per heavy atom. The van der Waals surface area contributed by atoms with E-state index in [0.29, 0.717) is 33.1 Å². The van der Waals surface area contributed by atoms with Crippen molar-refractivity contribution in [1.29, 1.82) is 0 Å². The Morgan fingerprint density at radius 3 is 2.79 bits per heavy atom. The molecule has 0 spiro atoms. The molecule has 0 aliphatic carbocycles. The summed E-state index contributed by atoms with van der Waals surface area (Å²) in [7, 11) is 0. The predicted molar refractivity (Wildman–Crippen MR) is 97.3 cm³/mol. The van der Waals surface area contributed by atoms with Crippen LogP contribution in [0.5, 0.6) is 5.75 Å². The number of carbonyl (C=O) groups is 1. The standard InChI is InChI=1S/C17H12Cl2N2O2S/c18-14-5-4-11(8-15(14)19)10-23-13-3-1-2-12(9-13)16(22)21-17-20-6-7-24-17/h1-9H,10H2,(H,20,21,22). The first-order chi connectivity index (χ1) is 11.6. The topological polar surface area (TPSA) is 51.2 Å². The average molecular weight is 379 g/mol. The lowest BCUT2D eigenvalue weighted by atomic mass is 10.2. The van der Waals surface area contributed by atoms with E-state index in [2.05, 4.69) is 10.3 Å². The number of anilines is 1. The van der Waals surface area contributed by atoms with Gasteiger partial charge in [0.15, 0.2) is 5.13 Å². The van der Waals surface area contributed by atoms with Crippen LogP contribution in [0.15, 0.2) is 54.0 Å². The van der Waals surface area contributed by atoms with Gasteiger partial charge in [0, 0.05) is 17.1 Å². The lowest BCUT2D eigenvalue weighted by molar-refractivity contribution is 0.102. The van der Waals surface area contributed by atoms with Gasteiger partial charge >= 0.3 is 0 Å². The van der Waals surface area contributed by atoms with Gasteiger partial charge in [-0.15, -0.1) is 11.3 Å². The maximum absolute atomic E-state index is 12.2. The van der Waals surface area contributed by atoms with Crippen molar-refractivity contribution in [1.82, 2.24) is 4.98 Å². The molecule has 0 fully saturated rings. The molecule has 1 N–H and O–H groups in total.